The summed E-state index contributed by atoms with van der Waals surface area (Å²) in [5.74, 6) is 0.685. The Morgan fingerprint density at radius 1 is 1.16 bits per heavy atom. The molecule has 0 aromatic carbocycles. The molecule has 2 aromatic heterocycles. The minimum Gasteiger partial charge on any atom is -0.314 e. The molecule has 1 atom stereocenters. The Bertz CT molecular complexity index is 524. The fourth-order valence-electron chi connectivity index (χ4n) is 2.36. The second kappa shape index (κ2) is 6.57. The van der Waals surface area contributed by atoms with E-state index in [1.165, 1.54) is 0 Å². The van der Waals surface area contributed by atoms with Crippen molar-refractivity contribution in [3.63, 3.8) is 0 Å². The summed E-state index contributed by atoms with van der Waals surface area (Å²) in [6.07, 6.45) is 5.49. The lowest BCUT2D eigenvalue weighted by atomic mass is 9.99. The second-order valence-corrected chi connectivity index (χ2v) is 5.29. The van der Waals surface area contributed by atoms with E-state index in [0.717, 1.165) is 36.2 Å². The summed E-state index contributed by atoms with van der Waals surface area (Å²) in [6.45, 7) is 7.64. The van der Waals surface area contributed by atoms with Crippen LogP contribution in [0.25, 0.3) is 11.2 Å². The van der Waals surface area contributed by atoms with E-state index in [1.807, 2.05) is 6.07 Å². The van der Waals surface area contributed by atoms with Gasteiger partial charge in [-0.15, -0.1) is 0 Å². The Hall–Kier alpha value is -1.55. The lowest BCUT2D eigenvalue weighted by Gasteiger charge is -2.19. The number of hydrogen-bond acceptors (Lipinski definition) is 4. The lowest BCUT2D eigenvalue weighted by molar-refractivity contribution is 0.421. The summed E-state index contributed by atoms with van der Waals surface area (Å²) in [5, 5.41) is 3.53. The van der Waals surface area contributed by atoms with Gasteiger partial charge in [0.25, 0.3) is 0 Å². The van der Waals surface area contributed by atoms with Crippen molar-refractivity contribution in [2.45, 2.75) is 39.7 Å². The molecule has 2 rings (SSSR count). The van der Waals surface area contributed by atoms with Gasteiger partial charge in [0.05, 0.1) is 0 Å². The van der Waals surface area contributed by atoms with Crippen molar-refractivity contribution in [2.75, 3.05) is 6.54 Å². The van der Waals surface area contributed by atoms with Crippen molar-refractivity contribution in [3.05, 3.63) is 30.2 Å². The molecule has 19 heavy (non-hydrogen) atoms. The number of nitrogens with zero attached hydrogens (tertiary/aromatic N) is 3. The van der Waals surface area contributed by atoms with Crippen molar-refractivity contribution >= 4 is 11.2 Å². The van der Waals surface area contributed by atoms with Crippen LogP contribution in [0.1, 0.15) is 32.9 Å². The molecule has 0 saturated carbocycles. The predicted octanol–water partition coefficient (Wildman–Crippen LogP) is 2.59. The molecule has 2 heterocycles. The van der Waals surface area contributed by atoms with Gasteiger partial charge in [-0.3, -0.25) is 4.98 Å². The normalized spacial score (nSPS) is 13.1. The quantitative estimate of drug-likeness (QED) is 0.865. The van der Waals surface area contributed by atoms with Gasteiger partial charge in [-0.25, -0.2) is 9.97 Å². The molecule has 4 nitrogen and oxygen atoms in total. The van der Waals surface area contributed by atoms with Crippen molar-refractivity contribution in [3.8, 4) is 0 Å². The van der Waals surface area contributed by atoms with Gasteiger partial charge in [-0.05, 0) is 31.0 Å². The molecule has 102 valence electrons. The minimum atomic E-state index is 0.478. The first-order valence-corrected chi connectivity index (χ1v) is 6.99. The van der Waals surface area contributed by atoms with Crippen LogP contribution in [0, 0.1) is 5.92 Å². The lowest BCUT2D eigenvalue weighted by Crippen LogP contribution is -2.32. The monoisotopic (exact) mass is 258 g/mol. The van der Waals surface area contributed by atoms with Crippen LogP contribution in [0.5, 0.6) is 0 Å². The molecule has 2 aromatic rings. The number of pyridine rings is 1. The van der Waals surface area contributed by atoms with Crippen LogP contribution >= 0.6 is 0 Å². The van der Waals surface area contributed by atoms with Crippen LogP contribution in [-0.2, 0) is 6.42 Å². The molecule has 4 heteroatoms. The summed E-state index contributed by atoms with van der Waals surface area (Å²) in [5.41, 5.74) is 2.68. The smallest absolute Gasteiger partial charge is 0.178 e. The van der Waals surface area contributed by atoms with Crippen molar-refractivity contribution < 1.29 is 0 Å². The van der Waals surface area contributed by atoms with Crippen LogP contribution in [0.4, 0.5) is 0 Å². The fraction of sp³-hybridized carbons (Fsp3) is 0.533. The van der Waals surface area contributed by atoms with Crippen molar-refractivity contribution in [2.24, 2.45) is 5.92 Å². The third-order valence-electron chi connectivity index (χ3n) is 3.09. The van der Waals surface area contributed by atoms with E-state index in [9.17, 15) is 0 Å². The highest BCUT2D eigenvalue weighted by molar-refractivity contribution is 5.68. The standard InChI is InChI=1S/C15H22N4/c1-4-16-13(9-11(2)3)10-12-5-6-14-15(19-12)18-8-7-17-14/h5-8,11,13,16H,4,9-10H2,1-3H3. The Morgan fingerprint density at radius 2 is 1.95 bits per heavy atom. The first kappa shape index (κ1) is 13.9. The van der Waals surface area contributed by atoms with Gasteiger partial charge >= 0.3 is 0 Å². The fourth-order valence-corrected chi connectivity index (χ4v) is 2.36. The second-order valence-electron chi connectivity index (χ2n) is 5.29. The number of fused-ring (bicyclic) bond motifs is 1. The van der Waals surface area contributed by atoms with Gasteiger partial charge in [0.2, 0.25) is 0 Å². The highest BCUT2D eigenvalue weighted by Crippen LogP contribution is 2.12. The summed E-state index contributed by atoms with van der Waals surface area (Å²) in [6, 6.07) is 4.54. The minimum absolute atomic E-state index is 0.478. The Kier molecular flexibility index (Phi) is 4.80. The molecule has 1 N–H and O–H groups in total. The van der Waals surface area contributed by atoms with E-state index >= 15 is 0 Å². The van der Waals surface area contributed by atoms with Crippen molar-refractivity contribution in [1.82, 2.24) is 20.3 Å². The Balaban J connectivity index is 2.13. The predicted molar refractivity (Wildman–Crippen MR) is 78.0 cm³/mol. The molecular formula is C15H22N4. The summed E-state index contributed by atoms with van der Waals surface area (Å²) in [7, 11) is 0. The van der Waals surface area contributed by atoms with E-state index in [2.05, 4.69) is 47.1 Å². The van der Waals surface area contributed by atoms with Crippen LogP contribution in [0.2, 0.25) is 0 Å². The van der Waals surface area contributed by atoms with E-state index in [4.69, 9.17) is 0 Å². The molecule has 0 aliphatic carbocycles. The van der Waals surface area contributed by atoms with Crippen LogP contribution < -0.4 is 5.32 Å². The van der Waals surface area contributed by atoms with Crippen molar-refractivity contribution in [1.29, 1.82) is 0 Å². The topological polar surface area (TPSA) is 50.7 Å². The third kappa shape index (κ3) is 3.96. The molecule has 0 bridgehead atoms. The summed E-state index contributed by atoms with van der Waals surface area (Å²) in [4.78, 5) is 13.1. The Labute approximate surface area is 114 Å². The zero-order chi connectivity index (χ0) is 13.7. The molecule has 0 spiro atoms. The number of likely N-dealkylation sites (N-methyl/N-ethyl adjacent to an activating group) is 1. The number of hydrogen-bond donors (Lipinski definition) is 1. The average Bonchev–Trinajstić information content (AvgIpc) is 2.38. The maximum atomic E-state index is 4.59. The number of aromatic nitrogens is 3. The van der Waals surface area contributed by atoms with E-state index in [0.29, 0.717) is 12.0 Å². The highest BCUT2D eigenvalue weighted by atomic mass is 14.9. The van der Waals surface area contributed by atoms with Crippen LogP contribution in [-0.4, -0.2) is 27.5 Å². The molecule has 0 radical (unpaired) electrons. The zero-order valence-corrected chi connectivity index (χ0v) is 11.9. The van der Waals surface area contributed by atoms with Crippen LogP contribution in [0.15, 0.2) is 24.5 Å². The van der Waals surface area contributed by atoms with E-state index in [-0.39, 0.29) is 0 Å². The number of rotatable bonds is 6. The zero-order valence-electron chi connectivity index (χ0n) is 11.9. The summed E-state index contributed by atoms with van der Waals surface area (Å²) >= 11 is 0. The SMILES string of the molecule is CCNC(Cc1ccc2nccnc2n1)CC(C)C. The molecule has 1 unspecified atom stereocenters. The first-order valence-electron chi connectivity index (χ1n) is 6.99. The first-order chi connectivity index (χ1) is 9.19. The van der Waals surface area contributed by atoms with Gasteiger partial charge < -0.3 is 5.32 Å². The average molecular weight is 258 g/mol. The van der Waals surface area contributed by atoms with Crippen LogP contribution in [0.3, 0.4) is 0 Å². The molecule has 0 saturated heterocycles. The van der Waals surface area contributed by atoms with Gasteiger partial charge in [0, 0.05) is 30.6 Å². The van der Waals surface area contributed by atoms with E-state index in [1.54, 1.807) is 12.4 Å². The third-order valence-corrected chi connectivity index (χ3v) is 3.09. The highest BCUT2D eigenvalue weighted by Gasteiger charge is 2.12. The number of nitrogens with one attached hydrogen (secondary N) is 1. The van der Waals surface area contributed by atoms with Gasteiger partial charge in [0.1, 0.15) is 5.52 Å². The van der Waals surface area contributed by atoms with Gasteiger partial charge in [0.15, 0.2) is 5.65 Å². The molecule has 0 aliphatic heterocycles. The molecule has 0 fully saturated rings. The van der Waals surface area contributed by atoms with Gasteiger partial charge in [-0.2, -0.15) is 0 Å². The Morgan fingerprint density at radius 3 is 2.68 bits per heavy atom. The molecular weight excluding hydrogens is 236 g/mol. The maximum absolute atomic E-state index is 4.59. The molecule has 0 aliphatic rings. The van der Waals surface area contributed by atoms with Gasteiger partial charge in [-0.1, -0.05) is 20.8 Å². The maximum Gasteiger partial charge on any atom is 0.178 e. The largest absolute Gasteiger partial charge is 0.314 e. The van der Waals surface area contributed by atoms with E-state index < -0.39 is 0 Å². The molecule has 0 amide bonds. The summed E-state index contributed by atoms with van der Waals surface area (Å²) < 4.78 is 0.